The number of thiazole rings is 1. The van der Waals surface area contributed by atoms with E-state index in [0.717, 1.165) is 0 Å². The monoisotopic (exact) mass is 659 g/mol. The van der Waals surface area contributed by atoms with E-state index in [1.807, 2.05) is 10.3 Å². The van der Waals surface area contributed by atoms with Crippen molar-refractivity contribution in [3.05, 3.63) is 97.6 Å². The maximum absolute atomic E-state index is 14.0. The van der Waals surface area contributed by atoms with Crippen molar-refractivity contribution < 1.29 is 28.2 Å². The molecule has 0 bridgehead atoms. The predicted octanol–water partition coefficient (Wildman–Crippen LogP) is 4.54. The number of benzene rings is 2. The molecule has 0 saturated carbocycles. The van der Waals surface area contributed by atoms with Gasteiger partial charge in [0.2, 0.25) is 0 Å². The highest BCUT2D eigenvalue weighted by molar-refractivity contribution is 9.10. The Hall–Kier alpha value is -3.52. The van der Waals surface area contributed by atoms with E-state index in [9.17, 15) is 23.5 Å². The molecular formula is C29H28BrF2N5O4S. The number of carboxylic acid groups (broad SMARTS) is 1. The lowest BCUT2D eigenvalue weighted by molar-refractivity contribution is -0.144. The van der Waals surface area contributed by atoms with Gasteiger partial charge in [-0.1, -0.05) is 34.1 Å². The molecule has 0 aliphatic carbocycles. The van der Waals surface area contributed by atoms with Crippen LogP contribution in [0.4, 0.5) is 8.78 Å². The van der Waals surface area contributed by atoms with E-state index < -0.39 is 35.7 Å². The van der Waals surface area contributed by atoms with Crippen LogP contribution < -0.4 is 5.32 Å². The molecule has 1 saturated heterocycles. The summed E-state index contributed by atoms with van der Waals surface area (Å²) in [6.45, 7) is 4.01. The normalized spacial score (nSPS) is 18.8. The van der Waals surface area contributed by atoms with Crippen LogP contribution in [0, 0.1) is 11.6 Å². The van der Waals surface area contributed by atoms with Crippen LogP contribution in [0.3, 0.4) is 0 Å². The maximum atomic E-state index is 14.0. The van der Waals surface area contributed by atoms with Crippen molar-refractivity contribution in [2.45, 2.75) is 19.0 Å². The molecule has 2 N–H and O–H groups in total. The van der Waals surface area contributed by atoms with E-state index >= 15 is 0 Å². The highest BCUT2D eigenvalue weighted by Crippen LogP contribution is 2.37. The number of hydrogen-bond acceptors (Lipinski definition) is 9. The van der Waals surface area contributed by atoms with E-state index in [1.165, 1.54) is 41.7 Å². The summed E-state index contributed by atoms with van der Waals surface area (Å²) in [5.74, 6) is -2.03. The summed E-state index contributed by atoms with van der Waals surface area (Å²) >= 11 is 4.82. The van der Waals surface area contributed by atoms with Crippen LogP contribution >= 0.6 is 27.3 Å². The fraction of sp³-hybridized carbons (Fsp3) is 0.310. The molecule has 2 atom stereocenters. The van der Waals surface area contributed by atoms with Crippen LogP contribution in [0.25, 0.3) is 0 Å². The molecule has 42 heavy (non-hydrogen) atoms. The first-order valence-corrected chi connectivity index (χ1v) is 15.0. The Bertz CT molecular complexity index is 1530. The lowest BCUT2D eigenvalue weighted by Crippen LogP contribution is -2.51. The number of aromatic nitrogens is 1. The number of piperazine rings is 1. The van der Waals surface area contributed by atoms with E-state index in [1.54, 1.807) is 25.3 Å². The Labute approximate surface area is 253 Å². The zero-order chi connectivity index (χ0) is 29.8. The number of hydrogen-bond donors (Lipinski definition) is 2. The fourth-order valence-corrected chi connectivity index (χ4v) is 6.31. The van der Waals surface area contributed by atoms with Crippen molar-refractivity contribution in [1.29, 1.82) is 0 Å². The molecule has 2 aromatic carbocycles. The van der Waals surface area contributed by atoms with E-state index in [4.69, 9.17) is 9.73 Å². The number of esters is 1. The van der Waals surface area contributed by atoms with Gasteiger partial charge in [-0.05, 0) is 42.3 Å². The summed E-state index contributed by atoms with van der Waals surface area (Å²) in [7, 11) is 0. The molecule has 2 unspecified atom stereocenters. The van der Waals surface area contributed by atoms with Crippen LogP contribution in [0.2, 0.25) is 0 Å². The van der Waals surface area contributed by atoms with Crippen molar-refractivity contribution in [3.8, 4) is 0 Å². The van der Waals surface area contributed by atoms with Gasteiger partial charge in [-0.25, -0.2) is 18.6 Å². The first kappa shape index (κ1) is 30.0. The van der Waals surface area contributed by atoms with Crippen LogP contribution in [-0.2, 0) is 14.3 Å². The zero-order valence-corrected chi connectivity index (χ0v) is 25.0. The number of aliphatic carboxylic acids is 1. The molecular weight excluding hydrogens is 632 g/mol. The van der Waals surface area contributed by atoms with Gasteiger partial charge in [0.15, 0.2) is 10.8 Å². The number of carbonyl (C=O) groups is 2. The standard InChI is InChI=1S/C29H28BrF2N5O4S/c1-2-41-29(40)23-22(16-36-9-11-37(12-10-36)25(28(38)39)17-4-3-5-18(31)14-17)34-26(27-33-8-13-42-27)35-24(23)20-7-6-19(32)15-21(20)30/h3-8,13-15,24-25H,2,9-12,16H2,1H3,(H,34,35)(H,38,39). The second-order valence-electron chi connectivity index (χ2n) is 9.73. The lowest BCUT2D eigenvalue weighted by Gasteiger charge is -2.39. The second kappa shape index (κ2) is 13.2. The third-order valence-corrected chi connectivity index (χ3v) is 8.53. The minimum absolute atomic E-state index is 0.158. The molecule has 1 fully saturated rings. The Balaban J connectivity index is 1.44. The van der Waals surface area contributed by atoms with Crippen molar-refractivity contribution >= 4 is 45.0 Å². The molecule has 3 heterocycles. The summed E-state index contributed by atoms with van der Waals surface area (Å²) in [6.07, 6.45) is 1.66. The van der Waals surface area contributed by atoms with Crippen LogP contribution in [-0.4, -0.2) is 77.0 Å². The van der Waals surface area contributed by atoms with Gasteiger partial charge < -0.3 is 15.2 Å². The third kappa shape index (κ3) is 6.59. The van der Waals surface area contributed by atoms with Crippen LogP contribution in [0.5, 0.6) is 0 Å². The molecule has 3 aromatic rings. The SMILES string of the molecule is CCOC(=O)C1=C(CN2CCN(C(C(=O)O)c3cccc(F)c3)CC2)NC(c2nccs2)=NC1c1ccc(F)cc1Br. The average molecular weight is 661 g/mol. The highest BCUT2D eigenvalue weighted by atomic mass is 79.9. The summed E-state index contributed by atoms with van der Waals surface area (Å²) in [5, 5.41) is 15.7. The molecule has 220 valence electrons. The highest BCUT2D eigenvalue weighted by Gasteiger charge is 2.36. The molecule has 0 amide bonds. The third-order valence-electron chi connectivity index (χ3n) is 7.07. The Kier molecular flexibility index (Phi) is 9.41. The fourth-order valence-electron chi connectivity index (χ4n) is 5.16. The molecule has 0 radical (unpaired) electrons. The van der Waals surface area contributed by atoms with E-state index in [2.05, 4.69) is 31.1 Å². The molecule has 5 rings (SSSR count). The summed E-state index contributed by atoms with van der Waals surface area (Å²) in [4.78, 5) is 38.7. The molecule has 13 heteroatoms. The first-order valence-electron chi connectivity index (χ1n) is 13.3. The van der Waals surface area contributed by atoms with Crippen molar-refractivity contribution in [3.63, 3.8) is 0 Å². The average Bonchev–Trinajstić information content (AvgIpc) is 3.49. The zero-order valence-electron chi connectivity index (χ0n) is 22.6. The van der Waals surface area contributed by atoms with E-state index in [0.29, 0.717) is 70.4 Å². The molecule has 0 spiro atoms. The van der Waals surface area contributed by atoms with Crippen LogP contribution in [0.15, 0.2) is 74.8 Å². The molecule has 1 aromatic heterocycles. The van der Waals surface area contributed by atoms with E-state index in [-0.39, 0.29) is 6.61 Å². The number of rotatable bonds is 9. The van der Waals surface area contributed by atoms with Gasteiger partial charge in [0.05, 0.1) is 12.2 Å². The summed E-state index contributed by atoms with van der Waals surface area (Å²) in [6, 6.07) is 8.12. The Morgan fingerprint density at radius 3 is 2.57 bits per heavy atom. The molecule has 9 nitrogen and oxygen atoms in total. The van der Waals surface area contributed by atoms with Gasteiger partial charge in [0, 0.05) is 54.5 Å². The number of halogens is 3. The number of ether oxygens (including phenoxy) is 1. The number of nitrogens with zero attached hydrogens (tertiary/aromatic N) is 4. The Morgan fingerprint density at radius 2 is 1.93 bits per heavy atom. The quantitative estimate of drug-likeness (QED) is 0.323. The first-order chi connectivity index (χ1) is 20.2. The summed E-state index contributed by atoms with van der Waals surface area (Å²) < 4.78 is 33.8. The number of aliphatic imine (C=N–C) groups is 1. The van der Waals surface area contributed by atoms with Crippen LogP contribution in [0.1, 0.15) is 35.1 Å². The topological polar surface area (TPSA) is 107 Å². The second-order valence-corrected chi connectivity index (χ2v) is 11.5. The smallest absolute Gasteiger partial charge is 0.338 e. The minimum Gasteiger partial charge on any atom is -0.480 e. The largest absolute Gasteiger partial charge is 0.480 e. The number of carbonyl (C=O) groups excluding carboxylic acids is 1. The van der Waals surface area contributed by atoms with Gasteiger partial charge in [0.25, 0.3) is 0 Å². The molecule has 2 aliphatic rings. The van der Waals surface area contributed by atoms with Gasteiger partial charge in [0.1, 0.15) is 23.7 Å². The number of nitrogens with one attached hydrogen (secondary N) is 1. The number of amidine groups is 1. The lowest BCUT2D eigenvalue weighted by atomic mass is 9.95. The maximum Gasteiger partial charge on any atom is 0.338 e. The van der Waals surface area contributed by atoms with Gasteiger partial charge in [-0.3, -0.25) is 19.6 Å². The molecule has 2 aliphatic heterocycles. The van der Waals surface area contributed by atoms with Crippen molar-refractivity contribution in [2.75, 3.05) is 39.3 Å². The van der Waals surface area contributed by atoms with Gasteiger partial charge >= 0.3 is 11.9 Å². The summed E-state index contributed by atoms with van der Waals surface area (Å²) in [5.41, 5.74) is 1.85. The predicted molar refractivity (Wildman–Crippen MR) is 157 cm³/mol. The van der Waals surface area contributed by atoms with Crippen molar-refractivity contribution in [1.82, 2.24) is 20.1 Å². The van der Waals surface area contributed by atoms with Crippen molar-refractivity contribution in [2.24, 2.45) is 4.99 Å². The minimum atomic E-state index is -1.05. The van der Waals surface area contributed by atoms with Gasteiger partial charge in [-0.15, -0.1) is 11.3 Å². The Morgan fingerprint density at radius 1 is 1.17 bits per heavy atom. The number of carboxylic acids is 1. The van der Waals surface area contributed by atoms with Gasteiger partial charge in [-0.2, -0.15) is 0 Å².